The lowest BCUT2D eigenvalue weighted by atomic mass is 10.2. The molecule has 0 fully saturated rings. The van der Waals surface area contributed by atoms with E-state index in [0.29, 0.717) is 10.0 Å². The molecule has 2 aliphatic heterocycles. The van der Waals surface area contributed by atoms with E-state index in [-0.39, 0.29) is 6.04 Å². The highest BCUT2D eigenvalue weighted by Gasteiger charge is 2.29. The number of fused-ring (bicyclic) bond motifs is 1. The maximum atomic E-state index is 6.11. The molecule has 0 saturated heterocycles. The summed E-state index contributed by atoms with van der Waals surface area (Å²) in [5, 5.41) is 10.8. The highest BCUT2D eigenvalue weighted by atomic mass is 35.5. The van der Waals surface area contributed by atoms with E-state index in [4.69, 9.17) is 23.2 Å². The topological polar surface area (TPSA) is 37.1 Å². The summed E-state index contributed by atoms with van der Waals surface area (Å²) >= 11 is 13.5. The van der Waals surface area contributed by atoms with Crippen molar-refractivity contribution in [1.82, 2.24) is 0 Å². The van der Waals surface area contributed by atoms with Crippen LogP contribution in [0, 0.1) is 0 Å². The summed E-state index contributed by atoms with van der Waals surface area (Å²) in [5.74, 6) is 0. The van der Waals surface area contributed by atoms with Crippen LogP contribution in [-0.4, -0.2) is 22.3 Å². The van der Waals surface area contributed by atoms with Gasteiger partial charge in [-0.05, 0) is 30.0 Å². The van der Waals surface area contributed by atoms with Gasteiger partial charge in [0.05, 0.1) is 11.2 Å². The van der Waals surface area contributed by atoms with Crippen LogP contribution in [0.4, 0.5) is 0 Å². The van der Waals surface area contributed by atoms with Crippen molar-refractivity contribution in [2.75, 3.05) is 0 Å². The molecule has 1 atom stereocenters. The Balaban J connectivity index is 2.00. The van der Waals surface area contributed by atoms with Gasteiger partial charge in [0, 0.05) is 10.6 Å². The second kappa shape index (κ2) is 3.87. The summed E-state index contributed by atoms with van der Waals surface area (Å²) in [4.78, 5) is 4.48. The standard InChI is InChI=1S/C10H5Cl2N3S/c11-5-1-2-6(7(12)3-5)9-14-8-4-13-15-10(8)16-9/h1-4,8H. The molecule has 1 aromatic carbocycles. The monoisotopic (exact) mass is 269 g/mol. The summed E-state index contributed by atoms with van der Waals surface area (Å²) in [5.41, 5.74) is 0.890. The van der Waals surface area contributed by atoms with Gasteiger partial charge in [0.2, 0.25) is 0 Å². The predicted octanol–water partition coefficient (Wildman–Crippen LogP) is 3.25. The van der Waals surface area contributed by atoms with Gasteiger partial charge < -0.3 is 0 Å². The van der Waals surface area contributed by atoms with Crippen LogP contribution in [-0.2, 0) is 0 Å². The Hall–Kier alpha value is -0.840. The van der Waals surface area contributed by atoms with Gasteiger partial charge in [-0.1, -0.05) is 23.2 Å². The van der Waals surface area contributed by atoms with Crippen molar-refractivity contribution in [1.29, 1.82) is 0 Å². The molecule has 0 saturated carbocycles. The van der Waals surface area contributed by atoms with E-state index in [0.717, 1.165) is 15.7 Å². The molecular weight excluding hydrogens is 265 g/mol. The molecule has 0 aliphatic carbocycles. The Morgan fingerprint density at radius 3 is 2.88 bits per heavy atom. The van der Waals surface area contributed by atoms with Crippen LogP contribution in [0.25, 0.3) is 0 Å². The summed E-state index contributed by atoms with van der Waals surface area (Å²) in [6, 6.07) is 5.36. The fourth-order valence-electron chi connectivity index (χ4n) is 1.48. The second-order valence-electron chi connectivity index (χ2n) is 3.31. The van der Waals surface area contributed by atoms with E-state index >= 15 is 0 Å². The highest BCUT2D eigenvalue weighted by Crippen LogP contribution is 2.32. The van der Waals surface area contributed by atoms with Gasteiger partial charge in [0.1, 0.15) is 16.1 Å². The van der Waals surface area contributed by atoms with E-state index in [1.165, 1.54) is 11.8 Å². The molecular formula is C10H5Cl2N3S. The quantitative estimate of drug-likeness (QED) is 0.771. The van der Waals surface area contributed by atoms with Crippen molar-refractivity contribution in [3.63, 3.8) is 0 Å². The molecule has 2 heterocycles. The normalized spacial score (nSPS) is 22.0. The van der Waals surface area contributed by atoms with Crippen LogP contribution in [0.1, 0.15) is 5.56 Å². The van der Waals surface area contributed by atoms with Crippen molar-refractivity contribution in [2.24, 2.45) is 15.2 Å². The van der Waals surface area contributed by atoms with E-state index in [2.05, 4.69) is 15.2 Å². The lowest BCUT2D eigenvalue weighted by Crippen LogP contribution is -2.06. The SMILES string of the molecule is Clc1ccc(C2=NC3C=NN=C3S2)c(Cl)c1. The number of hydrogen-bond acceptors (Lipinski definition) is 4. The van der Waals surface area contributed by atoms with Gasteiger partial charge in [0.25, 0.3) is 0 Å². The van der Waals surface area contributed by atoms with Crippen molar-refractivity contribution in [3.05, 3.63) is 33.8 Å². The maximum absolute atomic E-state index is 6.11. The Morgan fingerprint density at radius 2 is 2.12 bits per heavy atom. The zero-order valence-corrected chi connectivity index (χ0v) is 10.2. The molecule has 6 heteroatoms. The zero-order chi connectivity index (χ0) is 11.1. The minimum absolute atomic E-state index is 0.0215. The van der Waals surface area contributed by atoms with E-state index in [1.54, 1.807) is 18.3 Å². The molecule has 0 N–H and O–H groups in total. The number of hydrogen-bond donors (Lipinski definition) is 0. The fourth-order valence-corrected chi connectivity index (χ4v) is 3.01. The third-order valence-electron chi connectivity index (χ3n) is 2.24. The molecule has 0 radical (unpaired) electrons. The van der Waals surface area contributed by atoms with Gasteiger partial charge in [0.15, 0.2) is 0 Å². The minimum atomic E-state index is -0.0215. The largest absolute Gasteiger partial charge is 0.261 e. The first kappa shape index (κ1) is 10.3. The number of aliphatic imine (C=N–C) groups is 1. The number of halogens is 2. The van der Waals surface area contributed by atoms with Crippen LogP contribution < -0.4 is 0 Å². The Labute approximate surface area is 106 Å². The summed E-state index contributed by atoms with van der Waals surface area (Å²) in [6.07, 6.45) is 1.72. The molecule has 0 spiro atoms. The van der Waals surface area contributed by atoms with Gasteiger partial charge in [-0.25, -0.2) is 0 Å². The van der Waals surface area contributed by atoms with Gasteiger partial charge in [-0.3, -0.25) is 4.99 Å². The van der Waals surface area contributed by atoms with Crippen LogP contribution in [0.15, 0.2) is 33.4 Å². The average Bonchev–Trinajstić information content (AvgIpc) is 2.76. The number of benzene rings is 1. The van der Waals surface area contributed by atoms with Crippen LogP contribution in [0.2, 0.25) is 10.0 Å². The highest BCUT2D eigenvalue weighted by molar-refractivity contribution is 8.27. The van der Waals surface area contributed by atoms with Gasteiger partial charge in [-0.15, -0.1) is 5.10 Å². The van der Waals surface area contributed by atoms with E-state index < -0.39 is 0 Å². The number of rotatable bonds is 1. The van der Waals surface area contributed by atoms with Crippen LogP contribution in [0.5, 0.6) is 0 Å². The van der Waals surface area contributed by atoms with Gasteiger partial charge >= 0.3 is 0 Å². The first-order valence-electron chi connectivity index (χ1n) is 4.56. The maximum Gasteiger partial charge on any atom is 0.138 e. The van der Waals surface area contributed by atoms with E-state index in [1.807, 2.05) is 6.07 Å². The van der Waals surface area contributed by atoms with Crippen molar-refractivity contribution >= 4 is 51.3 Å². The zero-order valence-electron chi connectivity index (χ0n) is 7.89. The first-order chi connectivity index (χ1) is 7.74. The molecule has 0 aromatic heterocycles. The summed E-state index contributed by atoms with van der Waals surface area (Å²) in [6.45, 7) is 0. The van der Waals surface area contributed by atoms with Crippen molar-refractivity contribution < 1.29 is 0 Å². The Kier molecular flexibility index (Phi) is 2.50. The molecule has 3 rings (SSSR count). The number of thioether (sulfide) groups is 1. The fraction of sp³-hybridized carbons (Fsp3) is 0.100. The lowest BCUT2D eigenvalue weighted by Gasteiger charge is -2.02. The molecule has 3 nitrogen and oxygen atoms in total. The van der Waals surface area contributed by atoms with E-state index in [9.17, 15) is 0 Å². The number of nitrogens with zero attached hydrogens (tertiary/aromatic N) is 3. The van der Waals surface area contributed by atoms with Crippen molar-refractivity contribution in [3.8, 4) is 0 Å². The summed E-state index contributed by atoms with van der Waals surface area (Å²) in [7, 11) is 0. The van der Waals surface area contributed by atoms with Crippen LogP contribution in [0.3, 0.4) is 0 Å². The Bertz CT molecular complexity index is 551. The van der Waals surface area contributed by atoms with Gasteiger partial charge in [-0.2, -0.15) is 5.10 Å². The molecule has 16 heavy (non-hydrogen) atoms. The average molecular weight is 270 g/mol. The van der Waals surface area contributed by atoms with Crippen LogP contribution >= 0.6 is 35.0 Å². The smallest absolute Gasteiger partial charge is 0.138 e. The molecule has 1 unspecified atom stereocenters. The predicted molar refractivity (Wildman–Crippen MR) is 70.3 cm³/mol. The molecule has 2 aliphatic rings. The lowest BCUT2D eigenvalue weighted by molar-refractivity contribution is 1.22. The molecule has 1 aromatic rings. The third-order valence-corrected chi connectivity index (χ3v) is 3.84. The van der Waals surface area contributed by atoms with Crippen molar-refractivity contribution in [2.45, 2.75) is 6.04 Å². The summed E-state index contributed by atoms with van der Waals surface area (Å²) < 4.78 is 0. The first-order valence-corrected chi connectivity index (χ1v) is 6.13. The minimum Gasteiger partial charge on any atom is -0.261 e. The third kappa shape index (κ3) is 1.67. The molecule has 0 amide bonds. The Morgan fingerprint density at radius 1 is 1.25 bits per heavy atom. The second-order valence-corrected chi connectivity index (χ2v) is 5.16. The molecule has 80 valence electrons. The molecule has 0 bridgehead atoms.